The summed E-state index contributed by atoms with van der Waals surface area (Å²) in [7, 11) is 1.31. The van der Waals surface area contributed by atoms with Crippen LogP contribution in [-0.2, 0) is 4.74 Å². The van der Waals surface area contributed by atoms with Gasteiger partial charge in [0.25, 0.3) is 5.69 Å². The van der Waals surface area contributed by atoms with Gasteiger partial charge in [-0.3, -0.25) is 10.1 Å². The first kappa shape index (κ1) is 14.3. The number of esters is 1. The number of carbonyl (C=O) groups excluding carboxylic acids is 1. The highest BCUT2D eigenvalue weighted by Crippen LogP contribution is 2.35. The van der Waals surface area contributed by atoms with Gasteiger partial charge in [0.1, 0.15) is 0 Å². The number of nitro benzene ring substituents is 1. The molecule has 1 aromatic rings. The zero-order valence-electron chi connectivity index (χ0n) is 11.9. The van der Waals surface area contributed by atoms with Gasteiger partial charge in [-0.15, -0.1) is 0 Å². The Bertz CT molecular complexity index is 556. The highest BCUT2D eigenvalue weighted by Gasteiger charge is 2.28. The maximum Gasteiger partial charge on any atom is 0.339 e. The molecule has 0 radical (unpaired) electrons. The average Bonchev–Trinajstić information content (AvgIpc) is 2.83. The molecular formula is C14H18N2O4. The Morgan fingerprint density at radius 3 is 2.70 bits per heavy atom. The zero-order valence-corrected chi connectivity index (χ0v) is 11.9. The Labute approximate surface area is 117 Å². The standard InChI is InChI=1S/C14H18N2O4/c1-9-6-7-15(8-9)13-10(2)12(16(18)19)5-4-11(13)14(17)20-3/h4-5,9H,6-8H2,1-3H3. The van der Waals surface area contributed by atoms with E-state index in [2.05, 4.69) is 6.92 Å². The monoisotopic (exact) mass is 278 g/mol. The summed E-state index contributed by atoms with van der Waals surface area (Å²) < 4.78 is 4.78. The number of ether oxygens (including phenoxy) is 1. The van der Waals surface area contributed by atoms with Gasteiger partial charge in [-0.05, 0) is 25.3 Å². The lowest BCUT2D eigenvalue weighted by Gasteiger charge is -2.23. The van der Waals surface area contributed by atoms with E-state index in [4.69, 9.17) is 4.74 Å². The maximum absolute atomic E-state index is 11.9. The van der Waals surface area contributed by atoms with Crippen LogP contribution in [0, 0.1) is 23.0 Å². The molecule has 0 saturated carbocycles. The number of anilines is 1. The molecule has 0 aliphatic carbocycles. The number of methoxy groups -OCH3 is 1. The third-order valence-electron chi connectivity index (χ3n) is 3.74. The molecule has 1 aromatic carbocycles. The summed E-state index contributed by atoms with van der Waals surface area (Å²) in [6, 6.07) is 2.85. The second-order valence-electron chi connectivity index (χ2n) is 5.19. The first-order chi connectivity index (χ1) is 9.45. The highest BCUT2D eigenvalue weighted by molar-refractivity contribution is 5.97. The van der Waals surface area contributed by atoms with Crippen LogP contribution in [0.25, 0.3) is 0 Å². The summed E-state index contributed by atoms with van der Waals surface area (Å²) in [5, 5.41) is 11.1. The molecular weight excluding hydrogens is 260 g/mol. The molecule has 6 nitrogen and oxygen atoms in total. The van der Waals surface area contributed by atoms with Crippen LogP contribution < -0.4 is 4.90 Å². The molecule has 1 aliphatic heterocycles. The van der Waals surface area contributed by atoms with Gasteiger partial charge in [0.15, 0.2) is 0 Å². The number of nitro groups is 1. The van der Waals surface area contributed by atoms with Crippen molar-refractivity contribution in [1.82, 2.24) is 0 Å². The van der Waals surface area contributed by atoms with E-state index in [1.54, 1.807) is 6.92 Å². The third-order valence-corrected chi connectivity index (χ3v) is 3.74. The predicted octanol–water partition coefficient (Wildman–Crippen LogP) is 2.54. The molecule has 1 aliphatic rings. The Kier molecular flexibility index (Phi) is 3.92. The van der Waals surface area contributed by atoms with Crippen LogP contribution in [-0.4, -0.2) is 31.1 Å². The Morgan fingerprint density at radius 2 is 2.20 bits per heavy atom. The van der Waals surface area contributed by atoms with Crippen LogP contribution in [0.1, 0.15) is 29.3 Å². The molecule has 0 aromatic heterocycles. The first-order valence-corrected chi connectivity index (χ1v) is 6.57. The summed E-state index contributed by atoms with van der Waals surface area (Å²) in [6.45, 7) is 5.41. The van der Waals surface area contributed by atoms with E-state index in [1.165, 1.54) is 19.2 Å². The third kappa shape index (κ3) is 2.45. The van der Waals surface area contributed by atoms with Crippen LogP contribution in [0.15, 0.2) is 12.1 Å². The van der Waals surface area contributed by atoms with Gasteiger partial charge in [-0.2, -0.15) is 0 Å². The Balaban J connectivity index is 2.56. The van der Waals surface area contributed by atoms with Crippen molar-refractivity contribution in [1.29, 1.82) is 0 Å². The number of hydrogen-bond donors (Lipinski definition) is 0. The number of rotatable bonds is 3. The van der Waals surface area contributed by atoms with Gasteiger partial charge in [-0.1, -0.05) is 6.92 Å². The predicted molar refractivity (Wildman–Crippen MR) is 75.2 cm³/mol. The lowest BCUT2D eigenvalue weighted by Crippen LogP contribution is -2.23. The van der Waals surface area contributed by atoms with Crippen molar-refractivity contribution >= 4 is 17.3 Å². The van der Waals surface area contributed by atoms with Crippen LogP contribution in [0.4, 0.5) is 11.4 Å². The fraction of sp³-hybridized carbons (Fsp3) is 0.500. The molecule has 0 bridgehead atoms. The van der Waals surface area contributed by atoms with Crippen molar-refractivity contribution in [2.24, 2.45) is 5.92 Å². The molecule has 1 heterocycles. The van der Waals surface area contributed by atoms with Gasteiger partial charge in [0.2, 0.25) is 0 Å². The lowest BCUT2D eigenvalue weighted by molar-refractivity contribution is -0.385. The van der Waals surface area contributed by atoms with Crippen molar-refractivity contribution < 1.29 is 14.5 Å². The molecule has 1 fully saturated rings. The Hall–Kier alpha value is -2.11. The van der Waals surface area contributed by atoms with Crippen LogP contribution in [0.3, 0.4) is 0 Å². The van der Waals surface area contributed by atoms with E-state index < -0.39 is 10.9 Å². The molecule has 2 rings (SSSR count). The van der Waals surface area contributed by atoms with Crippen LogP contribution in [0.2, 0.25) is 0 Å². The van der Waals surface area contributed by atoms with Crippen molar-refractivity contribution in [3.8, 4) is 0 Å². The number of nitrogens with zero attached hydrogens (tertiary/aromatic N) is 2. The topological polar surface area (TPSA) is 72.7 Å². The molecule has 1 saturated heterocycles. The molecule has 0 N–H and O–H groups in total. The maximum atomic E-state index is 11.9. The fourth-order valence-electron chi connectivity index (χ4n) is 2.71. The first-order valence-electron chi connectivity index (χ1n) is 6.57. The number of hydrogen-bond acceptors (Lipinski definition) is 5. The van der Waals surface area contributed by atoms with Gasteiger partial charge < -0.3 is 9.64 Å². The zero-order chi connectivity index (χ0) is 14.9. The van der Waals surface area contributed by atoms with Gasteiger partial charge in [0.05, 0.1) is 28.8 Å². The van der Waals surface area contributed by atoms with Gasteiger partial charge in [0, 0.05) is 19.2 Å². The van der Waals surface area contributed by atoms with Crippen LogP contribution in [0.5, 0.6) is 0 Å². The summed E-state index contributed by atoms with van der Waals surface area (Å²) in [4.78, 5) is 24.6. The van der Waals surface area contributed by atoms with Crippen molar-refractivity contribution in [2.75, 3.05) is 25.1 Å². The van der Waals surface area contributed by atoms with Crippen molar-refractivity contribution in [3.05, 3.63) is 33.4 Å². The van der Waals surface area contributed by atoms with E-state index in [0.717, 1.165) is 19.5 Å². The van der Waals surface area contributed by atoms with E-state index in [9.17, 15) is 14.9 Å². The second kappa shape index (κ2) is 5.48. The molecule has 20 heavy (non-hydrogen) atoms. The summed E-state index contributed by atoms with van der Waals surface area (Å²) in [5.74, 6) is 0.0525. The largest absolute Gasteiger partial charge is 0.465 e. The minimum absolute atomic E-state index is 0.0345. The van der Waals surface area contributed by atoms with E-state index in [1.807, 2.05) is 4.90 Å². The van der Waals surface area contributed by atoms with E-state index in [0.29, 0.717) is 22.7 Å². The molecule has 0 amide bonds. The summed E-state index contributed by atoms with van der Waals surface area (Å²) >= 11 is 0. The van der Waals surface area contributed by atoms with E-state index >= 15 is 0 Å². The summed E-state index contributed by atoms with van der Waals surface area (Å²) in [6.07, 6.45) is 1.02. The van der Waals surface area contributed by atoms with Crippen LogP contribution >= 0.6 is 0 Å². The van der Waals surface area contributed by atoms with Crippen molar-refractivity contribution in [3.63, 3.8) is 0 Å². The van der Waals surface area contributed by atoms with Crippen molar-refractivity contribution in [2.45, 2.75) is 20.3 Å². The second-order valence-corrected chi connectivity index (χ2v) is 5.19. The fourth-order valence-corrected chi connectivity index (χ4v) is 2.71. The normalized spacial score (nSPS) is 18.1. The SMILES string of the molecule is COC(=O)c1ccc([N+](=O)[O-])c(C)c1N1CCC(C)C1. The van der Waals surface area contributed by atoms with E-state index in [-0.39, 0.29) is 5.69 Å². The molecule has 1 unspecified atom stereocenters. The summed E-state index contributed by atoms with van der Waals surface area (Å²) in [5.41, 5.74) is 1.58. The molecule has 1 atom stereocenters. The van der Waals surface area contributed by atoms with Gasteiger partial charge >= 0.3 is 5.97 Å². The molecule has 108 valence electrons. The quantitative estimate of drug-likeness (QED) is 0.482. The number of carbonyl (C=O) groups is 1. The molecule has 0 spiro atoms. The molecule has 6 heteroatoms. The Morgan fingerprint density at radius 1 is 1.50 bits per heavy atom. The average molecular weight is 278 g/mol. The van der Waals surface area contributed by atoms with Gasteiger partial charge in [-0.25, -0.2) is 4.79 Å². The minimum Gasteiger partial charge on any atom is -0.465 e. The number of benzene rings is 1. The lowest BCUT2D eigenvalue weighted by atomic mass is 10.0. The highest BCUT2D eigenvalue weighted by atomic mass is 16.6. The minimum atomic E-state index is -0.461. The smallest absolute Gasteiger partial charge is 0.339 e.